The minimum atomic E-state index is -3.01. The predicted octanol–water partition coefficient (Wildman–Crippen LogP) is 4.48. The fraction of sp³-hybridized carbons (Fsp3) is 0.400. The van der Waals surface area contributed by atoms with Crippen LogP contribution >= 0.6 is 0 Å². The third kappa shape index (κ3) is 5.15. The molecule has 4 aromatic rings. The number of methoxy groups -OCH3 is 1. The van der Waals surface area contributed by atoms with Gasteiger partial charge in [-0.3, -0.25) is 0 Å². The van der Waals surface area contributed by atoms with Crippen molar-refractivity contribution in [1.29, 1.82) is 0 Å². The summed E-state index contributed by atoms with van der Waals surface area (Å²) in [6.07, 6.45) is 4.96. The summed E-state index contributed by atoms with van der Waals surface area (Å²) in [5, 5.41) is 11.8. The van der Waals surface area contributed by atoms with E-state index in [1.807, 2.05) is 13.0 Å². The van der Waals surface area contributed by atoms with E-state index in [9.17, 15) is 8.78 Å². The Morgan fingerprint density at radius 2 is 1.92 bits per heavy atom. The zero-order valence-electron chi connectivity index (χ0n) is 21.1. The number of aromatic nitrogens is 6. The first-order valence-electron chi connectivity index (χ1n) is 11.9. The summed E-state index contributed by atoms with van der Waals surface area (Å²) in [6.45, 7) is 2.59. The highest BCUT2D eigenvalue weighted by atomic mass is 19.3. The highest BCUT2D eigenvalue weighted by Gasteiger charge is 2.31. The van der Waals surface area contributed by atoms with Crippen LogP contribution in [0.1, 0.15) is 25.5 Å². The van der Waals surface area contributed by atoms with Crippen molar-refractivity contribution in [2.75, 3.05) is 30.4 Å². The topological polar surface area (TPSA) is 103 Å². The van der Waals surface area contributed by atoms with Gasteiger partial charge in [0.1, 0.15) is 17.6 Å². The lowest BCUT2D eigenvalue weighted by Gasteiger charge is -2.39. The Morgan fingerprint density at radius 1 is 1.14 bits per heavy atom. The molecular formula is C25H28F2N8O2. The average molecular weight is 511 g/mol. The molecule has 37 heavy (non-hydrogen) atoms. The van der Waals surface area contributed by atoms with Crippen LogP contribution < -0.4 is 15.0 Å². The molecule has 1 aromatic carbocycles. The van der Waals surface area contributed by atoms with Crippen LogP contribution in [-0.4, -0.2) is 62.1 Å². The molecule has 0 amide bonds. The molecule has 0 spiro atoms. The minimum absolute atomic E-state index is 0.0590. The molecule has 1 aliphatic rings. The second-order valence-electron chi connectivity index (χ2n) is 9.34. The molecule has 5 rings (SSSR count). The fourth-order valence-corrected chi connectivity index (χ4v) is 4.45. The lowest BCUT2D eigenvalue weighted by molar-refractivity contribution is -0.0493. The van der Waals surface area contributed by atoms with Crippen molar-refractivity contribution in [2.45, 2.75) is 38.9 Å². The Balaban J connectivity index is 1.48. The zero-order chi connectivity index (χ0) is 26.2. The van der Waals surface area contributed by atoms with Crippen LogP contribution in [-0.2, 0) is 11.8 Å². The van der Waals surface area contributed by atoms with E-state index in [0.29, 0.717) is 22.6 Å². The normalized spacial score (nSPS) is 15.4. The van der Waals surface area contributed by atoms with E-state index in [4.69, 9.17) is 19.4 Å². The van der Waals surface area contributed by atoms with Crippen LogP contribution in [0.2, 0.25) is 0 Å². The first-order chi connectivity index (χ1) is 17.7. The quantitative estimate of drug-likeness (QED) is 0.385. The van der Waals surface area contributed by atoms with Gasteiger partial charge in [-0.15, -0.1) is 10.2 Å². The van der Waals surface area contributed by atoms with Crippen molar-refractivity contribution in [3.05, 3.63) is 42.5 Å². The van der Waals surface area contributed by atoms with E-state index in [-0.39, 0.29) is 17.3 Å². The first-order valence-corrected chi connectivity index (χ1v) is 11.9. The van der Waals surface area contributed by atoms with Crippen molar-refractivity contribution < 1.29 is 18.3 Å². The smallest absolute Gasteiger partial charge is 0.387 e. The maximum absolute atomic E-state index is 13.2. The number of halogens is 2. The number of anilines is 3. The van der Waals surface area contributed by atoms with Crippen molar-refractivity contribution in [3.8, 4) is 17.1 Å². The van der Waals surface area contributed by atoms with Gasteiger partial charge in [0.2, 0.25) is 5.95 Å². The number of pyridine rings is 1. The van der Waals surface area contributed by atoms with E-state index in [0.717, 1.165) is 42.8 Å². The SMILES string of the molecule is COC1(C)CCN(c2nc(C)cc3cnc(Nc4ccc(-c5nncn5C)cc4OC(F)F)nc23)CC1. The summed E-state index contributed by atoms with van der Waals surface area (Å²) in [4.78, 5) is 16.1. The summed E-state index contributed by atoms with van der Waals surface area (Å²) in [5.74, 6) is 1.46. The Hall–Kier alpha value is -3.93. The van der Waals surface area contributed by atoms with Crippen molar-refractivity contribution in [3.63, 3.8) is 0 Å². The third-order valence-electron chi connectivity index (χ3n) is 6.70. The Morgan fingerprint density at radius 3 is 2.59 bits per heavy atom. The van der Waals surface area contributed by atoms with E-state index in [2.05, 4.69) is 32.3 Å². The molecule has 0 bridgehead atoms. The molecule has 194 valence electrons. The van der Waals surface area contributed by atoms with Crippen molar-refractivity contribution in [2.24, 2.45) is 7.05 Å². The van der Waals surface area contributed by atoms with E-state index < -0.39 is 6.61 Å². The number of rotatable bonds is 7. The van der Waals surface area contributed by atoms with Gasteiger partial charge < -0.3 is 24.3 Å². The number of hydrogen-bond acceptors (Lipinski definition) is 9. The molecule has 12 heteroatoms. The molecule has 1 N–H and O–H groups in total. The number of hydrogen-bond donors (Lipinski definition) is 1. The van der Waals surface area contributed by atoms with Crippen LogP contribution in [0.5, 0.6) is 5.75 Å². The van der Waals surface area contributed by atoms with Gasteiger partial charge in [-0.05, 0) is 51.0 Å². The van der Waals surface area contributed by atoms with Crippen LogP contribution in [0.4, 0.5) is 26.2 Å². The van der Waals surface area contributed by atoms with Gasteiger partial charge in [-0.2, -0.15) is 8.78 Å². The second kappa shape index (κ2) is 9.85. The molecule has 3 aromatic heterocycles. The summed E-state index contributed by atoms with van der Waals surface area (Å²) < 4.78 is 38.7. The minimum Gasteiger partial charge on any atom is -0.433 e. The summed E-state index contributed by atoms with van der Waals surface area (Å²) in [6, 6.07) is 6.77. The molecule has 0 atom stereocenters. The Kier molecular flexibility index (Phi) is 6.59. The Bertz CT molecular complexity index is 1420. The maximum Gasteiger partial charge on any atom is 0.387 e. The van der Waals surface area contributed by atoms with Crippen LogP contribution in [0.3, 0.4) is 0 Å². The third-order valence-corrected chi connectivity index (χ3v) is 6.70. The number of nitrogens with zero attached hydrogens (tertiary/aromatic N) is 7. The molecule has 1 aliphatic heterocycles. The Labute approximate surface area is 212 Å². The highest BCUT2D eigenvalue weighted by molar-refractivity contribution is 5.89. The van der Waals surface area contributed by atoms with Gasteiger partial charge in [-0.25, -0.2) is 15.0 Å². The number of ether oxygens (including phenoxy) is 2. The number of alkyl halides is 2. The van der Waals surface area contributed by atoms with Gasteiger partial charge in [0, 0.05) is 50.1 Å². The van der Waals surface area contributed by atoms with Gasteiger partial charge in [0.15, 0.2) is 11.6 Å². The van der Waals surface area contributed by atoms with Gasteiger partial charge in [0.25, 0.3) is 0 Å². The van der Waals surface area contributed by atoms with Crippen molar-refractivity contribution >= 4 is 28.4 Å². The van der Waals surface area contributed by atoms with E-state index in [1.54, 1.807) is 37.1 Å². The number of piperidine rings is 1. The van der Waals surface area contributed by atoms with Crippen LogP contribution in [0.25, 0.3) is 22.3 Å². The summed E-state index contributed by atoms with van der Waals surface area (Å²) in [5.41, 5.74) is 2.25. The monoisotopic (exact) mass is 510 g/mol. The van der Waals surface area contributed by atoms with E-state index >= 15 is 0 Å². The predicted molar refractivity (Wildman–Crippen MR) is 135 cm³/mol. The lowest BCUT2D eigenvalue weighted by Crippen LogP contribution is -2.44. The van der Waals surface area contributed by atoms with Gasteiger partial charge in [0.05, 0.1) is 11.3 Å². The molecule has 0 unspecified atom stereocenters. The summed E-state index contributed by atoms with van der Waals surface area (Å²) >= 11 is 0. The molecule has 0 aliphatic carbocycles. The molecule has 0 radical (unpaired) electrons. The second-order valence-corrected chi connectivity index (χ2v) is 9.34. The number of nitrogens with one attached hydrogen (secondary N) is 1. The maximum atomic E-state index is 13.2. The number of aryl methyl sites for hydroxylation is 2. The molecule has 0 saturated carbocycles. The molecular weight excluding hydrogens is 482 g/mol. The summed E-state index contributed by atoms with van der Waals surface area (Å²) in [7, 11) is 3.51. The lowest BCUT2D eigenvalue weighted by atomic mass is 9.93. The molecule has 10 nitrogen and oxygen atoms in total. The van der Waals surface area contributed by atoms with Crippen molar-refractivity contribution in [1.82, 2.24) is 29.7 Å². The molecule has 4 heterocycles. The molecule has 1 fully saturated rings. The van der Waals surface area contributed by atoms with Crippen LogP contribution in [0, 0.1) is 6.92 Å². The number of fused-ring (bicyclic) bond motifs is 1. The van der Waals surface area contributed by atoms with Gasteiger partial charge in [-0.1, -0.05) is 0 Å². The highest BCUT2D eigenvalue weighted by Crippen LogP contribution is 2.34. The zero-order valence-corrected chi connectivity index (χ0v) is 21.1. The average Bonchev–Trinajstić information content (AvgIpc) is 3.31. The largest absolute Gasteiger partial charge is 0.433 e. The standard InChI is InChI=1S/C25H28F2N8O2/c1-15-11-17-13-28-24(32-20(17)22(30-15)35-9-7-25(2,36-4)8-10-35)31-18-6-5-16(12-19(18)37-23(26)27)21-33-29-14-34(21)3/h5-6,11-14,23H,7-10H2,1-4H3,(H,28,31,32). The fourth-order valence-electron chi connectivity index (χ4n) is 4.45. The molecule has 1 saturated heterocycles. The van der Waals surface area contributed by atoms with Gasteiger partial charge >= 0.3 is 6.61 Å². The van der Waals surface area contributed by atoms with E-state index in [1.165, 1.54) is 12.4 Å². The van der Waals surface area contributed by atoms with Crippen LogP contribution in [0.15, 0.2) is 36.8 Å². The number of benzene rings is 1. The first kappa shape index (κ1) is 24.8.